The molecule has 0 saturated heterocycles. The van der Waals surface area contributed by atoms with Gasteiger partial charge in [0.1, 0.15) is 0 Å². The first kappa shape index (κ1) is 13.8. The molecule has 2 unspecified atom stereocenters. The van der Waals surface area contributed by atoms with Crippen molar-refractivity contribution in [3.63, 3.8) is 0 Å². The Kier molecular flexibility index (Phi) is 5.25. The standard InChI is InChI=1S/C13H21NO3/c1-9(8-16-3)14-10(2)11-5-6-12(15)13(7-11)17-4/h5-7,9-10,14-15H,8H2,1-4H3. The number of rotatable bonds is 6. The zero-order valence-corrected chi connectivity index (χ0v) is 10.9. The third-order valence-electron chi connectivity index (χ3n) is 2.65. The fourth-order valence-corrected chi connectivity index (χ4v) is 1.78. The zero-order valence-electron chi connectivity index (χ0n) is 10.9. The monoisotopic (exact) mass is 239 g/mol. The van der Waals surface area contributed by atoms with E-state index < -0.39 is 0 Å². The van der Waals surface area contributed by atoms with E-state index in [1.807, 2.05) is 12.1 Å². The van der Waals surface area contributed by atoms with Crippen molar-refractivity contribution in [2.75, 3.05) is 20.8 Å². The van der Waals surface area contributed by atoms with Crippen molar-refractivity contribution >= 4 is 0 Å². The van der Waals surface area contributed by atoms with Gasteiger partial charge in [-0.05, 0) is 31.5 Å². The minimum atomic E-state index is 0.161. The Balaban J connectivity index is 2.71. The van der Waals surface area contributed by atoms with Gasteiger partial charge < -0.3 is 19.9 Å². The topological polar surface area (TPSA) is 50.7 Å². The van der Waals surface area contributed by atoms with Crippen LogP contribution in [0.25, 0.3) is 0 Å². The van der Waals surface area contributed by atoms with Crippen LogP contribution in [-0.2, 0) is 4.74 Å². The molecule has 0 aliphatic carbocycles. The van der Waals surface area contributed by atoms with Crippen LogP contribution in [0.1, 0.15) is 25.5 Å². The molecule has 0 fully saturated rings. The Morgan fingerprint density at radius 2 is 2.00 bits per heavy atom. The van der Waals surface area contributed by atoms with Crippen LogP contribution in [0.2, 0.25) is 0 Å². The molecule has 0 heterocycles. The molecular weight excluding hydrogens is 218 g/mol. The molecule has 2 atom stereocenters. The molecule has 4 nitrogen and oxygen atoms in total. The van der Waals surface area contributed by atoms with Gasteiger partial charge in [-0.25, -0.2) is 0 Å². The first-order valence-electron chi connectivity index (χ1n) is 5.70. The average molecular weight is 239 g/mol. The Hall–Kier alpha value is -1.26. The normalized spacial score (nSPS) is 14.4. The largest absolute Gasteiger partial charge is 0.504 e. The summed E-state index contributed by atoms with van der Waals surface area (Å²) in [4.78, 5) is 0. The lowest BCUT2D eigenvalue weighted by Crippen LogP contribution is -2.32. The molecule has 0 bridgehead atoms. The maximum Gasteiger partial charge on any atom is 0.160 e. The van der Waals surface area contributed by atoms with Crippen LogP contribution in [0.15, 0.2) is 18.2 Å². The summed E-state index contributed by atoms with van der Waals surface area (Å²) in [5.41, 5.74) is 1.07. The first-order valence-corrected chi connectivity index (χ1v) is 5.70. The molecule has 0 spiro atoms. The molecule has 0 aliphatic heterocycles. The van der Waals surface area contributed by atoms with Gasteiger partial charge in [0.15, 0.2) is 11.5 Å². The van der Waals surface area contributed by atoms with Crippen LogP contribution in [-0.4, -0.2) is 32.0 Å². The predicted octanol–water partition coefficient (Wildman–Crippen LogP) is 2.09. The summed E-state index contributed by atoms with van der Waals surface area (Å²) >= 11 is 0. The second kappa shape index (κ2) is 6.47. The summed E-state index contributed by atoms with van der Waals surface area (Å²) in [6.07, 6.45) is 0. The molecule has 0 aromatic heterocycles. The fourth-order valence-electron chi connectivity index (χ4n) is 1.78. The van der Waals surface area contributed by atoms with E-state index in [-0.39, 0.29) is 17.8 Å². The second-order valence-electron chi connectivity index (χ2n) is 4.18. The van der Waals surface area contributed by atoms with Crippen molar-refractivity contribution in [1.29, 1.82) is 0 Å². The highest BCUT2D eigenvalue weighted by Crippen LogP contribution is 2.28. The highest BCUT2D eigenvalue weighted by Gasteiger charge is 2.11. The molecule has 0 radical (unpaired) electrons. The minimum absolute atomic E-state index is 0.161. The van der Waals surface area contributed by atoms with E-state index in [2.05, 4.69) is 19.2 Å². The number of hydrogen-bond donors (Lipinski definition) is 2. The Morgan fingerprint density at radius 1 is 1.29 bits per heavy atom. The SMILES string of the molecule is COCC(C)NC(C)c1ccc(O)c(OC)c1. The number of aromatic hydroxyl groups is 1. The van der Waals surface area contributed by atoms with Gasteiger partial charge in [-0.3, -0.25) is 0 Å². The van der Waals surface area contributed by atoms with Crippen molar-refractivity contribution in [3.05, 3.63) is 23.8 Å². The van der Waals surface area contributed by atoms with E-state index in [1.54, 1.807) is 20.3 Å². The molecule has 4 heteroatoms. The molecule has 0 aliphatic rings. The van der Waals surface area contributed by atoms with Crippen molar-refractivity contribution in [2.24, 2.45) is 0 Å². The minimum Gasteiger partial charge on any atom is -0.504 e. The zero-order chi connectivity index (χ0) is 12.8. The first-order chi connectivity index (χ1) is 8.08. The van der Waals surface area contributed by atoms with Crippen molar-refractivity contribution in [2.45, 2.75) is 25.9 Å². The number of ether oxygens (including phenoxy) is 2. The molecule has 1 aromatic carbocycles. The number of nitrogens with one attached hydrogen (secondary N) is 1. The van der Waals surface area contributed by atoms with Crippen LogP contribution < -0.4 is 10.1 Å². The molecule has 96 valence electrons. The van der Waals surface area contributed by atoms with Crippen molar-refractivity contribution in [3.8, 4) is 11.5 Å². The quantitative estimate of drug-likeness (QED) is 0.798. The van der Waals surface area contributed by atoms with Crippen molar-refractivity contribution in [1.82, 2.24) is 5.32 Å². The summed E-state index contributed by atoms with van der Waals surface area (Å²) in [6, 6.07) is 5.82. The van der Waals surface area contributed by atoms with E-state index in [9.17, 15) is 5.11 Å². The lowest BCUT2D eigenvalue weighted by atomic mass is 10.1. The van der Waals surface area contributed by atoms with Gasteiger partial charge in [0.2, 0.25) is 0 Å². The van der Waals surface area contributed by atoms with Gasteiger partial charge in [-0.15, -0.1) is 0 Å². The Labute approximate surface area is 103 Å². The van der Waals surface area contributed by atoms with Crippen LogP contribution in [0.3, 0.4) is 0 Å². The van der Waals surface area contributed by atoms with E-state index in [1.165, 1.54) is 0 Å². The molecule has 1 aromatic rings. The maximum absolute atomic E-state index is 9.52. The molecule has 0 amide bonds. The van der Waals surface area contributed by atoms with Gasteiger partial charge in [0.05, 0.1) is 13.7 Å². The number of phenolic OH excluding ortho intramolecular Hbond substituents is 1. The van der Waals surface area contributed by atoms with Gasteiger partial charge in [-0.1, -0.05) is 6.07 Å². The van der Waals surface area contributed by atoms with Gasteiger partial charge >= 0.3 is 0 Å². The predicted molar refractivity (Wildman–Crippen MR) is 67.5 cm³/mol. The van der Waals surface area contributed by atoms with Crippen molar-refractivity contribution < 1.29 is 14.6 Å². The van der Waals surface area contributed by atoms with Crippen LogP contribution >= 0.6 is 0 Å². The van der Waals surface area contributed by atoms with Crippen LogP contribution in [0, 0.1) is 0 Å². The average Bonchev–Trinajstić information content (AvgIpc) is 2.29. The number of hydrogen-bond acceptors (Lipinski definition) is 4. The Bertz CT molecular complexity index is 355. The second-order valence-corrected chi connectivity index (χ2v) is 4.18. The molecular formula is C13H21NO3. The van der Waals surface area contributed by atoms with Gasteiger partial charge in [0, 0.05) is 19.2 Å². The summed E-state index contributed by atoms with van der Waals surface area (Å²) < 4.78 is 10.2. The summed E-state index contributed by atoms with van der Waals surface area (Å²) in [5.74, 6) is 0.656. The third kappa shape index (κ3) is 3.91. The highest BCUT2D eigenvalue weighted by molar-refractivity contribution is 5.42. The summed E-state index contributed by atoms with van der Waals surface area (Å²) in [5, 5.41) is 12.9. The molecule has 17 heavy (non-hydrogen) atoms. The highest BCUT2D eigenvalue weighted by atomic mass is 16.5. The molecule has 1 rings (SSSR count). The van der Waals surface area contributed by atoms with Gasteiger partial charge in [-0.2, -0.15) is 0 Å². The molecule has 0 saturated carbocycles. The Morgan fingerprint density at radius 3 is 2.59 bits per heavy atom. The lowest BCUT2D eigenvalue weighted by Gasteiger charge is -2.20. The fraction of sp³-hybridized carbons (Fsp3) is 0.538. The third-order valence-corrected chi connectivity index (χ3v) is 2.65. The summed E-state index contributed by atoms with van der Waals surface area (Å²) in [7, 11) is 3.23. The van der Waals surface area contributed by atoms with E-state index in [0.717, 1.165) is 5.56 Å². The van der Waals surface area contributed by atoms with Gasteiger partial charge in [0.25, 0.3) is 0 Å². The smallest absolute Gasteiger partial charge is 0.160 e. The number of phenols is 1. The van der Waals surface area contributed by atoms with E-state index >= 15 is 0 Å². The summed E-state index contributed by atoms with van der Waals surface area (Å²) in [6.45, 7) is 4.80. The molecule has 2 N–H and O–H groups in total. The van der Waals surface area contributed by atoms with E-state index in [0.29, 0.717) is 12.4 Å². The number of benzene rings is 1. The number of methoxy groups -OCH3 is 2. The van der Waals surface area contributed by atoms with Crippen LogP contribution in [0.5, 0.6) is 11.5 Å². The van der Waals surface area contributed by atoms with E-state index in [4.69, 9.17) is 9.47 Å². The maximum atomic E-state index is 9.52. The van der Waals surface area contributed by atoms with Crippen LogP contribution in [0.4, 0.5) is 0 Å². The lowest BCUT2D eigenvalue weighted by molar-refractivity contribution is 0.167.